The standard InChI is InChI=1S/C21H25ClN4O2S/c1-13-16(22)4-3-5-17(13)23-20(28)15-6-7-18-19(12-15)29-21(24-18)26-10-8-25(9-11-26)14(2)27/h3-5,15H,6-12H2,1-2H3,(H,23,28)/t15-/m1/s1. The molecule has 0 spiro atoms. The number of aromatic nitrogens is 1. The van der Waals surface area contributed by atoms with Crippen LogP contribution in [0.3, 0.4) is 0 Å². The number of halogens is 1. The SMILES string of the molecule is CC(=O)N1CCN(c2nc3c(s2)C[C@H](C(=O)Nc2cccc(Cl)c2C)CC3)CC1. The fraction of sp³-hybridized carbons (Fsp3) is 0.476. The number of anilines is 2. The van der Waals surface area contributed by atoms with Crippen LogP contribution in [0.15, 0.2) is 18.2 Å². The molecule has 6 nitrogen and oxygen atoms in total. The molecule has 0 bridgehead atoms. The Morgan fingerprint density at radius 3 is 2.72 bits per heavy atom. The monoisotopic (exact) mass is 432 g/mol. The van der Waals surface area contributed by atoms with Crippen LogP contribution < -0.4 is 10.2 Å². The van der Waals surface area contributed by atoms with E-state index in [4.69, 9.17) is 16.6 Å². The van der Waals surface area contributed by atoms with Crippen molar-refractivity contribution >= 4 is 45.6 Å². The van der Waals surface area contributed by atoms with E-state index in [0.29, 0.717) is 5.02 Å². The average Bonchev–Trinajstić information content (AvgIpc) is 3.15. The van der Waals surface area contributed by atoms with Crippen molar-refractivity contribution in [3.63, 3.8) is 0 Å². The zero-order valence-corrected chi connectivity index (χ0v) is 18.3. The van der Waals surface area contributed by atoms with Crippen LogP contribution in [-0.2, 0) is 22.4 Å². The highest BCUT2D eigenvalue weighted by Crippen LogP contribution is 2.35. The first-order chi connectivity index (χ1) is 13.9. The maximum Gasteiger partial charge on any atom is 0.227 e. The van der Waals surface area contributed by atoms with Gasteiger partial charge in [-0.05, 0) is 43.9 Å². The maximum absolute atomic E-state index is 12.8. The molecule has 1 N–H and O–H groups in total. The second-order valence-corrected chi connectivity index (χ2v) is 9.17. The summed E-state index contributed by atoms with van der Waals surface area (Å²) in [6, 6.07) is 5.57. The molecule has 1 fully saturated rings. The van der Waals surface area contributed by atoms with Gasteiger partial charge in [0.1, 0.15) is 0 Å². The van der Waals surface area contributed by atoms with E-state index < -0.39 is 0 Å². The Labute approximate surface area is 179 Å². The summed E-state index contributed by atoms with van der Waals surface area (Å²) in [5.74, 6) is 0.127. The number of piperazine rings is 1. The molecule has 1 saturated heterocycles. The molecule has 2 aliphatic rings. The lowest BCUT2D eigenvalue weighted by molar-refractivity contribution is -0.129. The fourth-order valence-electron chi connectivity index (χ4n) is 3.91. The number of carbonyl (C=O) groups is 2. The van der Waals surface area contributed by atoms with E-state index in [1.54, 1.807) is 18.3 Å². The molecule has 2 heterocycles. The molecular formula is C21H25ClN4O2S. The topological polar surface area (TPSA) is 65.5 Å². The molecule has 2 aromatic rings. The zero-order valence-electron chi connectivity index (χ0n) is 16.7. The number of nitrogens with zero attached hydrogens (tertiary/aromatic N) is 3. The highest BCUT2D eigenvalue weighted by Gasteiger charge is 2.29. The molecule has 1 aliphatic heterocycles. The van der Waals surface area contributed by atoms with Crippen LogP contribution in [0.25, 0.3) is 0 Å². The lowest BCUT2D eigenvalue weighted by atomic mass is 9.90. The molecule has 1 aromatic heterocycles. The highest BCUT2D eigenvalue weighted by atomic mass is 35.5. The first-order valence-electron chi connectivity index (χ1n) is 9.97. The third kappa shape index (κ3) is 4.26. The molecule has 154 valence electrons. The number of thiazole rings is 1. The molecule has 4 rings (SSSR count). The van der Waals surface area contributed by atoms with Gasteiger partial charge in [-0.1, -0.05) is 17.7 Å². The van der Waals surface area contributed by atoms with Crippen LogP contribution in [-0.4, -0.2) is 47.9 Å². The zero-order chi connectivity index (χ0) is 20.5. The van der Waals surface area contributed by atoms with Gasteiger partial charge in [0.2, 0.25) is 11.8 Å². The van der Waals surface area contributed by atoms with Gasteiger partial charge >= 0.3 is 0 Å². The van der Waals surface area contributed by atoms with Gasteiger partial charge in [-0.25, -0.2) is 4.98 Å². The van der Waals surface area contributed by atoms with E-state index in [9.17, 15) is 9.59 Å². The Hall–Kier alpha value is -2.12. The molecule has 1 atom stereocenters. The summed E-state index contributed by atoms with van der Waals surface area (Å²) >= 11 is 7.86. The summed E-state index contributed by atoms with van der Waals surface area (Å²) in [5, 5.41) is 4.73. The van der Waals surface area contributed by atoms with Crippen molar-refractivity contribution in [2.45, 2.75) is 33.1 Å². The van der Waals surface area contributed by atoms with Crippen molar-refractivity contribution < 1.29 is 9.59 Å². The summed E-state index contributed by atoms with van der Waals surface area (Å²) < 4.78 is 0. The van der Waals surface area contributed by atoms with Crippen LogP contribution in [0, 0.1) is 12.8 Å². The largest absolute Gasteiger partial charge is 0.345 e. The first kappa shape index (κ1) is 20.2. The van der Waals surface area contributed by atoms with E-state index in [1.165, 1.54) is 4.88 Å². The second-order valence-electron chi connectivity index (χ2n) is 7.70. The molecule has 1 aromatic carbocycles. The number of benzene rings is 1. The van der Waals surface area contributed by atoms with Crippen LogP contribution in [0.2, 0.25) is 5.02 Å². The van der Waals surface area contributed by atoms with Crippen molar-refractivity contribution in [2.24, 2.45) is 5.92 Å². The van der Waals surface area contributed by atoms with Crippen LogP contribution >= 0.6 is 22.9 Å². The molecule has 29 heavy (non-hydrogen) atoms. The van der Waals surface area contributed by atoms with Gasteiger partial charge in [0.05, 0.1) is 5.69 Å². The molecule has 0 radical (unpaired) electrons. The lowest BCUT2D eigenvalue weighted by Gasteiger charge is -2.33. The first-order valence-corrected chi connectivity index (χ1v) is 11.2. The summed E-state index contributed by atoms with van der Waals surface area (Å²) in [6.45, 7) is 6.63. The summed E-state index contributed by atoms with van der Waals surface area (Å²) in [5.41, 5.74) is 2.80. The minimum Gasteiger partial charge on any atom is -0.345 e. The molecule has 1 aliphatic carbocycles. The lowest BCUT2D eigenvalue weighted by Crippen LogP contribution is -2.48. The van der Waals surface area contributed by atoms with Crippen molar-refractivity contribution in [3.8, 4) is 0 Å². The number of nitrogens with one attached hydrogen (secondary N) is 1. The Balaban J connectivity index is 1.41. The Morgan fingerprint density at radius 1 is 1.24 bits per heavy atom. The van der Waals surface area contributed by atoms with Crippen LogP contribution in [0.4, 0.5) is 10.8 Å². The van der Waals surface area contributed by atoms with Crippen molar-refractivity contribution in [2.75, 3.05) is 36.4 Å². The summed E-state index contributed by atoms with van der Waals surface area (Å²) in [7, 11) is 0. The third-order valence-electron chi connectivity index (χ3n) is 5.82. The van der Waals surface area contributed by atoms with Crippen molar-refractivity contribution in [1.82, 2.24) is 9.88 Å². The van der Waals surface area contributed by atoms with Gasteiger partial charge in [0.25, 0.3) is 0 Å². The Kier molecular flexibility index (Phi) is 5.79. The summed E-state index contributed by atoms with van der Waals surface area (Å²) in [6.07, 6.45) is 2.36. The predicted octanol–water partition coefficient (Wildman–Crippen LogP) is 3.52. The van der Waals surface area contributed by atoms with Gasteiger partial charge in [-0.2, -0.15) is 0 Å². The van der Waals surface area contributed by atoms with E-state index in [-0.39, 0.29) is 17.7 Å². The minimum atomic E-state index is -0.0521. The normalized spacial score (nSPS) is 19.1. The van der Waals surface area contributed by atoms with Crippen molar-refractivity contribution in [3.05, 3.63) is 39.4 Å². The van der Waals surface area contributed by atoms with Gasteiger partial charge in [-0.15, -0.1) is 11.3 Å². The number of hydrogen-bond donors (Lipinski definition) is 1. The van der Waals surface area contributed by atoms with E-state index in [2.05, 4.69) is 10.2 Å². The Bertz CT molecular complexity index is 937. The van der Waals surface area contributed by atoms with Crippen LogP contribution in [0.5, 0.6) is 0 Å². The van der Waals surface area contributed by atoms with E-state index in [1.807, 2.05) is 30.0 Å². The number of carbonyl (C=O) groups excluding carboxylic acids is 2. The number of amides is 2. The van der Waals surface area contributed by atoms with Gasteiger partial charge < -0.3 is 15.1 Å². The molecule has 0 saturated carbocycles. The number of hydrogen-bond acceptors (Lipinski definition) is 5. The molecule has 2 amide bonds. The van der Waals surface area contributed by atoms with Gasteiger partial charge in [-0.3, -0.25) is 9.59 Å². The molecule has 0 unspecified atom stereocenters. The maximum atomic E-state index is 12.8. The fourth-order valence-corrected chi connectivity index (χ4v) is 5.32. The molecular weight excluding hydrogens is 408 g/mol. The smallest absolute Gasteiger partial charge is 0.227 e. The molecule has 8 heteroatoms. The number of rotatable bonds is 3. The third-order valence-corrected chi connectivity index (χ3v) is 7.41. The van der Waals surface area contributed by atoms with Gasteiger partial charge in [0, 0.05) is 54.6 Å². The average molecular weight is 433 g/mol. The highest BCUT2D eigenvalue weighted by molar-refractivity contribution is 7.15. The number of fused-ring (bicyclic) bond motifs is 1. The number of aryl methyl sites for hydroxylation is 1. The summed E-state index contributed by atoms with van der Waals surface area (Å²) in [4.78, 5) is 34.5. The minimum absolute atomic E-state index is 0.0473. The second kappa shape index (κ2) is 8.32. The van der Waals surface area contributed by atoms with Crippen molar-refractivity contribution in [1.29, 1.82) is 0 Å². The van der Waals surface area contributed by atoms with Crippen LogP contribution in [0.1, 0.15) is 29.5 Å². The van der Waals surface area contributed by atoms with E-state index >= 15 is 0 Å². The quantitative estimate of drug-likeness (QED) is 0.805. The Morgan fingerprint density at radius 2 is 2.00 bits per heavy atom. The predicted molar refractivity (Wildman–Crippen MR) is 117 cm³/mol. The van der Waals surface area contributed by atoms with E-state index in [0.717, 1.165) is 67.5 Å². The van der Waals surface area contributed by atoms with Gasteiger partial charge in [0.15, 0.2) is 5.13 Å².